The molecule has 0 bridgehead atoms. The molecular weight excluding hydrogens is 451 g/mol. The second-order valence-corrected chi connectivity index (χ2v) is 7.43. The lowest BCUT2D eigenvalue weighted by Gasteiger charge is -2.25. The zero-order valence-electron chi connectivity index (χ0n) is 16.4. The zero-order valence-corrected chi connectivity index (χ0v) is 18.7. The number of imidazole rings is 1. The molecule has 27 heavy (non-hydrogen) atoms. The predicted molar refractivity (Wildman–Crippen MR) is 121 cm³/mol. The van der Waals surface area contributed by atoms with Crippen molar-refractivity contribution in [2.24, 2.45) is 4.99 Å². The van der Waals surface area contributed by atoms with Gasteiger partial charge in [0, 0.05) is 37.6 Å². The molecule has 4 heterocycles. The third-order valence-electron chi connectivity index (χ3n) is 5.59. The maximum absolute atomic E-state index is 4.89. The van der Waals surface area contributed by atoms with E-state index in [0.29, 0.717) is 12.6 Å². The lowest BCUT2D eigenvalue weighted by Crippen LogP contribution is -2.42. The van der Waals surface area contributed by atoms with Gasteiger partial charge in [-0.3, -0.25) is 4.90 Å². The molecule has 0 saturated carbocycles. The van der Waals surface area contributed by atoms with Gasteiger partial charge in [-0.1, -0.05) is 6.07 Å². The van der Waals surface area contributed by atoms with Gasteiger partial charge >= 0.3 is 0 Å². The fraction of sp³-hybridized carbons (Fsp3) is 0.600. The molecule has 0 aliphatic carbocycles. The molecule has 2 aliphatic heterocycles. The van der Waals surface area contributed by atoms with E-state index in [1.165, 1.54) is 38.0 Å². The number of rotatable bonds is 4. The SMILES string of the molecule is CCNC(=NCc1cn2c(C)cccc2n1)N1CCC(N2CCCC2)C1.I. The van der Waals surface area contributed by atoms with E-state index in [0.717, 1.165) is 36.9 Å². The first-order chi connectivity index (χ1) is 12.7. The van der Waals surface area contributed by atoms with Gasteiger partial charge in [0.25, 0.3) is 0 Å². The minimum atomic E-state index is 0. The number of pyridine rings is 1. The van der Waals surface area contributed by atoms with E-state index in [4.69, 9.17) is 9.98 Å². The molecule has 2 aromatic rings. The summed E-state index contributed by atoms with van der Waals surface area (Å²) in [7, 11) is 0. The average molecular weight is 482 g/mol. The second kappa shape index (κ2) is 9.23. The number of likely N-dealkylation sites (tertiary alicyclic amines) is 2. The number of aryl methyl sites for hydroxylation is 1. The molecule has 1 atom stereocenters. The van der Waals surface area contributed by atoms with Crippen molar-refractivity contribution >= 4 is 35.6 Å². The monoisotopic (exact) mass is 482 g/mol. The van der Waals surface area contributed by atoms with Crippen LogP contribution in [0.3, 0.4) is 0 Å². The average Bonchev–Trinajstić information content (AvgIpc) is 3.38. The first-order valence-electron chi connectivity index (χ1n) is 9.95. The van der Waals surface area contributed by atoms with Gasteiger partial charge in [0.05, 0.1) is 12.2 Å². The van der Waals surface area contributed by atoms with E-state index < -0.39 is 0 Å². The van der Waals surface area contributed by atoms with Crippen LogP contribution in [0.4, 0.5) is 0 Å². The Morgan fingerprint density at radius 3 is 2.81 bits per heavy atom. The van der Waals surface area contributed by atoms with Gasteiger partial charge in [0.15, 0.2) is 5.96 Å². The van der Waals surface area contributed by atoms with Gasteiger partial charge in [0.2, 0.25) is 0 Å². The van der Waals surface area contributed by atoms with E-state index in [1.54, 1.807) is 0 Å². The molecule has 2 aromatic heterocycles. The summed E-state index contributed by atoms with van der Waals surface area (Å²) in [4.78, 5) is 14.7. The van der Waals surface area contributed by atoms with Crippen LogP contribution in [0, 0.1) is 6.92 Å². The summed E-state index contributed by atoms with van der Waals surface area (Å²) in [5, 5.41) is 3.47. The van der Waals surface area contributed by atoms with Crippen molar-refractivity contribution in [1.82, 2.24) is 24.5 Å². The number of hydrogen-bond acceptors (Lipinski definition) is 3. The summed E-state index contributed by atoms with van der Waals surface area (Å²) in [6.07, 6.45) is 6.07. The largest absolute Gasteiger partial charge is 0.357 e. The van der Waals surface area contributed by atoms with Gasteiger partial charge in [-0.2, -0.15) is 0 Å². The van der Waals surface area contributed by atoms with Crippen LogP contribution in [0.15, 0.2) is 29.4 Å². The Morgan fingerprint density at radius 1 is 1.26 bits per heavy atom. The quantitative estimate of drug-likeness (QED) is 0.414. The summed E-state index contributed by atoms with van der Waals surface area (Å²) in [5.74, 6) is 1.03. The van der Waals surface area contributed by atoms with Crippen molar-refractivity contribution in [3.8, 4) is 0 Å². The number of nitrogens with zero attached hydrogens (tertiary/aromatic N) is 5. The minimum Gasteiger partial charge on any atom is -0.357 e. The molecule has 0 aromatic carbocycles. The Balaban J connectivity index is 0.00000210. The normalized spacial score (nSPS) is 21.0. The Labute approximate surface area is 179 Å². The van der Waals surface area contributed by atoms with Gasteiger partial charge in [-0.25, -0.2) is 9.98 Å². The fourth-order valence-corrected chi connectivity index (χ4v) is 4.20. The zero-order chi connectivity index (χ0) is 17.9. The number of fused-ring (bicyclic) bond motifs is 1. The molecule has 1 N–H and O–H groups in total. The van der Waals surface area contributed by atoms with Gasteiger partial charge in [-0.05, 0) is 58.3 Å². The van der Waals surface area contributed by atoms with Crippen LogP contribution in [0.1, 0.15) is 37.6 Å². The summed E-state index contributed by atoms with van der Waals surface area (Å²) >= 11 is 0. The number of nitrogens with one attached hydrogen (secondary N) is 1. The first kappa shape index (κ1) is 20.4. The number of guanidine groups is 1. The molecule has 2 fully saturated rings. The standard InChI is InChI=1S/C20H30N6.HI/c1-3-21-20(25-12-9-18(15-25)24-10-4-5-11-24)22-13-17-14-26-16(2)7-6-8-19(26)23-17;/h6-8,14,18H,3-5,9-13,15H2,1-2H3,(H,21,22);1H. The number of aliphatic imine (C=N–C) groups is 1. The van der Waals surface area contributed by atoms with E-state index in [2.05, 4.69) is 51.7 Å². The molecule has 2 aliphatic rings. The van der Waals surface area contributed by atoms with Gasteiger partial charge in [-0.15, -0.1) is 24.0 Å². The number of hydrogen-bond donors (Lipinski definition) is 1. The fourth-order valence-electron chi connectivity index (χ4n) is 4.20. The smallest absolute Gasteiger partial charge is 0.194 e. The number of halogens is 1. The molecule has 0 radical (unpaired) electrons. The van der Waals surface area contributed by atoms with E-state index in [-0.39, 0.29) is 24.0 Å². The van der Waals surface area contributed by atoms with Crippen LogP contribution in [-0.2, 0) is 6.54 Å². The molecule has 2 saturated heterocycles. The third-order valence-corrected chi connectivity index (χ3v) is 5.59. The molecule has 1 unspecified atom stereocenters. The molecule has 0 amide bonds. The summed E-state index contributed by atoms with van der Waals surface area (Å²) in [6, 6.07) is 6.90. The van der Waals surface area contributed by atoms with Crippen molar-refractivity contribution < 1.29 is 0 Å². The van der Waals surface area contributed by atoms with Crippen molar-refractivity contribution in [2.75, 3.05) is 32.7 Å². The van der Waals surface area contributed by atoms with Crippen LogP contribution in [0.25, 0.3) is 5.65 Å². The maximum atomic E-state index is 4.89. The molecule has 148 valence electrons. The Kier molecular flexibility index (Phi) is 6.97. The van der Waals surface area contributed by atoms with Crippen LogP contribution in [-0.4, -0.2) is 63.9 Å². The van der Waals surface area contributed by atoms with Crippen molar-refractivity contribution in [3.05, 3.63) is 35.8 Å². The van der Waals surface area contributed by atoms with Crippen LogP contribution in [0.2, 0.25) is 0 Å². The van der Waals surface area contributed by atoms with Crippen molar-refractivity contribution in [1.29, 1.82) is 0 Å². The minimum absolute atomic E-state index is 0. The predicted octanol–water partition coefficient (Wildman–Crippen LogP) is 2.90. The topological polar surface area (TPSA) is 48.2 Å². The molecule has 4 rings (SSSR count). The second-order valence-electron chi connectivity index (χ2n) is 7.43. The van der Waals surface area contributed by atoms with Gasteiger partial charge < -0.3 is 14.6 Å². The molecule has 6 nitrogen and oxygen atoms in total. The number of aromatic nitrogens is 2. The molecule has 7 heteroatoms. The third kappa shape index (κ3) is 4.56. The highest BCUT2D eigenvalue weighted by Gasteiger charge is 2.30. The molecular formula is C20H31IN6. The lowest BCUT2D eigenvalue weighted by atomic mass is 10.2. The highest BCUT2D eigenvalue weighted by Crippen LogP contribution is 2.20. The van der Waals surface area contributed by atoms with Gasteiger partial charge in [0.1, 0.15) is 5.65 Å². The Morgan fingerprint density at radius 2 is 2.07 bits per heavy atom. The van der Waals surface area contributed by atoms with E-state index in [1.807, 2.05) is 6.07 Å². The van der Waals surface area contributed by atoms with Crippen LogP contribution >= 0.6 is 24.0 Å². The first-order valence-corrected chi connectivity index (χ1v) is 9.95. The summed E-state index contributed by atoms with van der Waals surface area (Å²) in [6.45, 7) is 10.5. The van der Waals surface area contributed by atoms with E-state index in [9.17, 15) is 0 Å². The Hall–Kier alpha value is -1.35. The molecule has 0 spiro atoms. The summed E-state index contributed by atoms with van der Waals surface area (Å²) in [5.41, 5.74) is 3.21. The lowest BCUT2D eigenvalue weighted by molar-refractivity contribution is 0.249. The van der Waals surface area contributed by atoms with E-state index >= 15 is 0 Å². The van der Waals surface area contributed by atoms with Crippen molar-refractivity contribution in [3.63, 3.8) is 0 Å². The van der Waals surface area contributed by atoms with Crippen molar-refractivity contribution in [2.45, 2.75) is 45.7 Å². The summed E-state index contributed by atoms with van der Waals surface area (Å²) < 4.78 is 2.14. The Bertz CT molecular complexity index is 780. The highest BCUT2D eigenvalue weighted by molar-refractivity contribution is 14.0. The van der Waals surface area contributed by atoms with Crippen LogP contribution in [0.5, 0.6) is 0 Å². The highest BCUT2D eigenvalue weighted by atomic mass is 127. The van der Waals surface area contributed by atoms with Crippen LogP contribution < -0.4 is 5.32 Å². The maximum Gasteiger partial charge on any atom is 0.194 e.